The Morgan fingerprint density at radius 1 is 1.04 bits per heavy atom. The predicted molar refractivity (Wildman–Crippen MR) is 175 cm³/mol. The van der Waals surface area contributed by atoms with Crippen LogP contribution in [0.5, 0.6) is 11.5 Å². The van der Waals surface area contributed by atoms with Crippen LogP contribution in [0.2, 0.25) is 10.0 Å². The van der Waals surface area contributed by atoms with E-state index < -0.39 is 27.5 Å². The summed E-state index contributed by atoms with van der Waals surface area (Å²) in [4.78, 5) is 23.9. The number of aromatic nitrogens is 1. The average molecular weight is 686 g/mol. The van der Waals surface area contributed by atoms with Gasteiger partial charge in [0.1, 0.15) is 17.8 Å². The molecule has 46 heavy (non-hydrogen) atoms. The van der Waals surface area contributed by atoms with E-state index >= 15 is 4.79 Å². The van der Waals surface area contributed by atoms with Gasteiger partial charge in [-0.15, -0.1) is 0 Å². The molecule has 0 spiro atoms. The summed E-state index contributed by atoms with van der Waals surface area (Å²) in [6.45, 7) is 3.87. The molecular formula is C33H34Cl2N4O6S. The molecule has 0 radical (unpaired) electrons. The summed E-state index contributed by atoms with van der Waals surface area (Å²) in [6, 6.07) is 14.1. The van der Waals surface area contributed by atoms with E-state index in [1.165, 1.54) is 50.8 Å². The molecule has 1 fully saturated rings. The smallest absolute Gasteiger partial charge is 0.271 e. The van der Waals surface area contributed by atoms with Gasteiger partial charge in [0.25, 0.3) is 15.9 Å². The second kappa shape index (κ2) is 12.5. The van der Waals surface area contributed by atoms with Gasteiger partial charge in [0, 0.05) is 24.2 Å². The third-order valence-electron chi connectivity index (χ3n) is 8.80. The number of amides is 1. The van der Waals surface area contributed by atoms with Crippen molar-refractivity contribution in [2.45, 2.75) is 42.8 Å². The normalized spacial score (nSPS) is 20.0. The average Bonchev–Trinajstić information content (AvgIpc) is 3.81. The van der Waals surface area contributed by atoms with Gasteiger partial charge in [-0.3, -0.25) is 9.69 Å². The van der Waals surface area contributed by atoms with Crippen LogP contribution in [-0.2, 0) is 26.9 Å². The maximum Gasteiger partial charge on any atom is 0.271 e. The molecule has 1 saturated heterocycles. The van der Waals surface area contributed by atoms with Crippen molar-refractivity contribution in [3.05, 3.63) is 99.7 Å². The number of anilines is 1. The van der Waals surface area contributed by atoms with Crippen LogP contribution in [0.1, 0.15) is 48.4 Å². The maximum absolute atomic E-state index is 15.5. The van der Waals surface area contributed by atoms with Crippen molar-refractivity contribution in [2.75, 3.05) is 38.7 Å². The van der Waals surface area contributed by atoms with Crippen molar-refractivity contribution in [3.63, 3.8) is 0 Å². The van der Waals surface area contributed by atoms with E-state index in [4.69, 9.17) is 37.1 Å². The summed E-state index contributed by atoms with van der Waals surface area (Å²) < 4.78 is 46.9. The minimum absolute atomic E-state index is 0.0922. The summed E-state index contributed by atoms with van der Waals surface area (Å²) in [5, 5.41) is 0.281. The highest BCUT2D eigenvalue weighted by Gasteiger charge is 2.63. The number of oxazole rings is 1. The fraction of sp³-hybridized carbons (Fsp3) is 0.333. The molecule has 242 valence electrons. The molecule has 10 nitrogen and oxygen atoms in total. The summed E-state index contributed by atoms with van der Waals surface area (Å²) in [7, 11) is 0.542. The van der Waals surface area contributed by atoms with Crippen molar-refractivity contribution in [1.82, 2.24) is 14.8 Å². The lowest BCUT2D eigenvalue weighted by Crippen LogP contribution is -2.54. The van der Waals surface area contributed by atoms with Crippen molar-refractivity contribution in [3.8, 4) is 11.5 Å². The topological polar surface area (TPSA) is 105 Å². The number of likely N-dealkylation sites (tertiary alicyclic amines) is 1. The molecule has 0 N–H and O–H groups in total. The van der Waals surface area contributed by atoms with E-state index in [2.05, 4.69) is 16.8 Å². The van der Waals surface area contributed by atoms with Crippen molar-refractivity contribution < 1.29 is 27.1 Å². The molecule has 0 aliphatic carbocycles. The monoisotopic (exact) mass is 684 g/mol. The van der Waals surface area contributed by atoms with Gasteiger partial charge in [0.2, 0.25) is 5.89 Å². The second-order valence-electron chi connectivity index (χ2n) is 11.3. The molecule has 13 heteroatoms. The van der Waals surface area contributed by atoms with Crippen LogP contribution in [0.15, 0.2) is 76.4 Å². The molecule has 2 aliphatic rings. The number of carbonyl (C=O) groups is 1. The number of halogens is 2. The molecule has 1 aromatic heterocycles. The van der Waals surface area contributed by atoms with Crippen LogP contribution >= 0.6 is 23.2 Å². The molecular weight excluding hydrogens is 651 g/mol. The molecule has 2 atom stereocenters. The Bertz CT molecular complexity index is 1870. The number of benzene rings is 3. The third-order valence-corrected chi connectivity index (χ3v) is 11.2. The first-order chi connectivity index (χ1) is 22.1. The van der Waals surface area contributed by atoms with Gasteiger partial charge in [-0.05, 0) is 80.5 Å². The molecule has 2 aliphatic heterocycles. The van der Waals surface area contributed by atoms with Gasteiger partial charge in [0.15, 0.2) is 5.54 Å². The molecule has 1 amide bonds. The Labute approximate surface area is 278 Å². The number of sulfonamides is 1. The predicted octanol–water partition coefficient (Wildman–Crippen LogP) is 6.27. The summed E-state index contributed by atoms with van der Waals surface area (Å²) in [5.74, 6) is 0.591. The number of ether oxygens (including phenoxy) is 2. The number of carbonyl (C=O) groups excluding carboxylic acids is 1. The SMILES string of the molecule is CCN(C)Cc1ccc(OC)c(C2(N3CCC[C@H]3c3ncco3)C(=O)N(S(=O)(=O)c3ccc(OC)cc3)c3cc(Cl)c(Cl)cc32)c1. The number of hydrogen-bond acceptors (Lipinski definition) is 9. The number of rotatable bonds is 10. The minimum atomic E-state index is -4.48. The summed E-state index contributed by atoms with van der Waals surface area (Å²) in [6.07, 6.45) is 4.37. The third kappa shape index (κ3) is 5.14. The minimum Gasteiger partial charge on any atom is -0.497 e. The first-order valence-corrected chi connectivity index (χ1v) is 17.0. The maximum atomic E-state index is 15.5. The molecule has 0 bridgehead atoms. The van der Waals surface area contributed by atoms with Crippen molar-refractivity contribution in [2.24, 2.45) is 0 Å². The number of fused-ring (bicyclic) bond motifs is 1. The quantitative estimate of drug-likeness (QED) is 0.191. The van der Waals surface area contributed by atoms with Crippen LogP contribution in [0.4, 0.5) is 5.69 Å². The molecule has 1 unspecified atom stereocenters. The Hall–Kier alpha value is -3.61. The van der Waals surface area contributed by atoms with E-state index in [0.29, 0.717) is 54.4 Å². The largest absolute Gasteiger partial charge is 0.497 e. The van der Waals surface area contributed by atoms with E-state index in [0.717, 1.165) is 16.4 Å². The number of methoxy groups -OCH3 is 2. The fourth-order valence-electron chi connectivity index (χ4n) is 6.53. The molecule has 4 aromatic rings. The zero-order chi connectivity index (χ0) is 32.8. The van der Waals surface area contributed by atoms with Gasteiger partial charge in [-0.1, -0.05) is 36.2 Å². The summed E-state index contributed by atoms with van der Waals surface area (Å²) >= 11 is 13.2. The first kappa shape index (κ1) is 32.3. The summed E-state index contributed by atoms with van der Waals surface area (Å²) in [5.41, 5.74) is 0.142. The van der Waals surface area contributed by atoms with Gasteiger partial charge >= 0.3 is 0 Å². The van der Waals surface area contributed by atoms with Crippen molar-refractivity contribution >= 4 is 44.8 Å². The molecule has 3 heterocycles. The van der Waals surface area contributed by atoms with Gasteiger partial charge in [-0.2, -0.15) is 0 Å². The van der Waals surface area contributed by atoms with Crippen LogP contribution in [0.3, 0.4) is 0 Å². The Morgan fingerprint density at radius 2 is 1.78 bits per heavy atom. The van der Waals surface area contributed by atoms with E-state index in [9.17, 15) is 8.42 Å². The van der Waals surface area contributed by atoms with Gasteiger partial charge in [0.05, 0.1) is 47.1 Å². The van der Waals surface area contributed by atoms with Crippen LogP contribution in [-0.4, -0.2) is 63.5 Å². The second-order valence-corrected chi connectivity index (χ2v) is 13.9. The van der Waals surface area contributed by atoms with E-state index in [1.54, 1.807) is 12.3 Å². The Balaban J connectivity index is 1.68. The van der Waals surface area contributed by atoms with E-state index in [-0.39, 0.29) is 20.6 Å². The number of nitrogens with zero attached hydrogens (tertiary/aromatic N) is 4. The highest BCUT2D eigenvalue weighted by Crippen LogP contribution is 2.57. The Morgan fingerprint density at radius 3 is 2.43 bits per heavy atom. The molecule has 6 rings (SSSR count). The van der Waals surface area contributed by atoms with Crippen molar-refractivity contribution in [1.29, 1.82) is 0 Å². The lowest BCUT2D eigenvalue weighted by molar-refractivity contribution is -0.127. The lowest BCUT2D eigenvalue weighted by atomic mass is 9.80. The molecule has 3 aromatic carbocycles. The Kier molecular flexibility index (Phi) is 8.81. The van der Waals surface area contributed by atoms with Gasteiger partial charge in [-0.25, -0.2) is 17.7 Å². The van der Waals surface area contributed by atoms with Gasteiger partial charge < -0.3 is 18.8 Å². The zero-order valence-electron chi connectivity index (χ0n) is 25.9. The number of hydrogen-bond donors (Lipinski definition) is 0. The first-order valence-electron chi connectivity index (χ1n) is 14.8. The van der Waals surface area contributed by atoms with Crippen LogP contribution in [0, 0.1) is 0 Å². The highest BCUT2D eigenvalue weighted by molar-refractivity contribution is 7.93. The van der Waals surface area contributed by atoms with Crippen LogP contribution < -0.4 is 13.8 Å². The highest BCUT2D eigenvalue weighted by atomic mass is 35.5. The standard InChI is InChI=1S/C33H34Cl2N4O6S/c1-5-37(2)20-21-8-13-30(44-4)25(17-21)33(38-15-6-7-28(38)31-36-14-16-45-31)24-18-26(34)27(35)19-29(24)39(32(33)40)46(41,42)23-11-9-22(43-3)10-12-23/h8-14,16-19,28H,5-7,15,20H2,1-4H3/t28-,33?/m0/s1. The van der Waals surface area contributed by atoms with Crippen LogP contribution in [0.25, 0.3) is 0 Å². The zero-order valence-corrected chi connectivity index (χ0v) is 28.2. The molecule has 0 saturated carbocycles. The fourth-order valence-corrected chi connectivity index (χ4v) is 8.31. The van der Waals surface area contributed by atoms with E-state index in [1.807, 2.05) is 30.1 Å². The lowest BCUT2D eigenvalue weighted by Gasteiger charge is -2.41.